The van der Waals surface area contributed by atoms with Crippen LogP contribution in [0.4, 0.5) is 0 Å². The zero-order chi connectivity index (χ0) is 14.4. The number of ether oxygens (including phenoxy) is 1. The molecule has 0 saturated heterocycles. The first-order valence-corrected chi connectivity index (χ1v) is 7.81. The molecule has 106 valence electrons. The molecule has 0 saturated carbocycles. The topological polar surface area (TPSA) is 29.5 Å². The minimum atomic E-state index is -0.518. The molecular formula is C16H17ClO2S. The van der Waals surface area contributed by atoms with E-state index < -0.39 is 6.10 Å². The highest BCUT2D eigenvalue weighted by atomic mass is 35.5. The summed E-state index contributed by atoms with van der Waals surface area (Å²) in [7, 11) is 0. The van der Waals surface area contributed by atoms with Crippen LogP contribution in [0.1, 0.15) is 18.6 Å². The van der Waals surface area contributed by atoms with Crippen molar-refractivity contribution in [3.8, 4) is 5.75 Å². The number of hydrogen-bond donors (Lipinski definition) is 1. The summed E-state index contributed by atoms with van der Waals surface area (Å²) in [5.41, 5.74) is 0.793. The second-order valence-corrected chi connectivity index (χ2v) is 5.95. The molecule has 20 heavy (non-hydrogen) atoms. The number of thioether (sulfide) groups is 1. The molecule has 0 bridgehead atoms. The molecule has 0 radical (unpaired) electrons. The third kappa shape index (κ3) is 4.44. The summed E-state index contributed by atoms with van der Waals surface area (Å²) < 4.78 is 5.66. The van der Waals surface area contributed by atoms with Gasteiger partial charge >= 0.3 is 0 Å². The van der Waals surface area contributed by atoms with Crippen LogP contribution in [0.25, 0.3) is 0 Å². The maximum Gasteiger partial charge on any atom is 0.137 e. The van der Waals surface area contributed by atoms with Crippen LogP contribution in [0.15, 0.2) is 53.4 Å². The SMILES string of the molecule is C[C@H](O)c1ccc(OCCSc2ccccc2)c(Cl)c1. The summed E-state index contributed by atoms with van der Waals surface area (Å²) in [5, 5.41) is 10.0. The second-order valence-electron chi connectivity index (χ2n) is 4.38. The Morgan fingerprint density at radius 2 is 1.95 bits per heavy atom. The van der Waals surface area contributed by atoms with Gasteiger partial charge in [0.05, 0.1) is 17.7 Å². The average Bonchev–Trinajstić information content (AvgIpc) is 2.46. The Morgan fingerprint density at radius 1 is 1.20 bits per heavy atom. The molecule has 1 N–H and O–H groups in total. The van der Waals surface area contributed by atoms with Gasteiger partial charge in [-0.3, -0.25) is 0 Å². The molecule has 0 spiro atoms. The molecule has 4 heteroatoms. The largest absolute Gasteiger partial charge is 0.491 e. The molecule has 0 aliphatic rings. The van der Waals surface area contributed by atoms with Gasteiger partial charge in [0, 0.05) is 10.6 Å². The zero-order valence-electron chi connectivity index (χ0n) is 11.3. The molecule has 0 heterocycles. The van der Waals surface area contributed by atoms with E-state index in [1.54, 1.807) is 30.8 Å². The minimum Gasteiger partial charge on any atom is -0.491 e. The summed E-state index contributed by atoms with van der Waals surface area (Å²) in [5.74, 6) is 1.52. The number of aliphatic hydroxyl groups excluding tert-OH is 1. The van der Waals surface area contributed by atoms with Gasteiger partial charge in [-0.1, -0.05) is 35.9 Å². The van der Waals surface area contributed by atoms with Crippen molar-refractivity contribution in [2.45, 2.75) is 17.9 Å². The first-order chi connectivity index (χ1) is 9.66. The Labute approximate surface area is 128 Å². The molecule has 0 aliphatic carbocycles. The van der Waals surface area contributed by atoms with Gasteiger partial charge in [0.1, 0.15) is 5.75 Å². The molecule has 0 fully saturated rings. The summed E-state index contributed by atoms with van der Waals surface area (Å²) in [6, 6.07) is 15.6. The molecule has 0 unspecified atom stereocenters. The fourth-order valence-corrected chi connectivity index (χ4v) is 2.72. The quantitative estimate of drug-likeness (QED) is 0.626. The van der Waals surface area contributed by atoms with Crippen LogP contribution in [-0.2, 0) is 0 Å². The van der Waals surface area contributed by atoms with Gasteiger partial charge in [0.15, 0.2) is 0 Å². The first-order valence-electron chi connectivity index (χ1n) is 6.45. The second kappa shape index (κ2) is 7.58. The summed E-state index contributed by atoms with van der Waals surface area (Å²) in [4.78, 5) is 1.23. The molecular weight excluding hydrogens is 292 g/mol. The van der Waals surface area contributed by atoms with E-state index in [0.717, 1.165) is 11.3 Å². The normalized spacial score (nSPS) is 12.2. The lowest BCUT2D eigenvalue weighted by Crippen LogP contribution is -2.01. The Bertz CT molecular complexity index is 543. The van der Waals surface area contributed by atoms with Crippen molar-refractivity contribution in [1.82, 2.24) is 0 Å². The van der Waals surface area contributed by atoms with Crippen molar-refractivity contribution in [3.05, 3.63) is 59.1 Å². The van der Waals surface area contributed by atoms with E-state index in [0.29, 0.717) is 17.4 Å². The van der Waals surface area contributed by atoms with Gasteiger partial charge in [-0.25, -0.2) is 0 Å². The molecule has 2 aromatic carbocycles. The smallest absolute Gasteiger partial charge is 0.137 e. The summed E-state index contributed by atoms with van der Waals surface area (Å²) in [6.07, 6.45) is -0.518. The van der Waals surface area contributed by atoms with Crippen molar-refractivity contribution in [2.24, 2.45) is 0 Å². The van der Waals surface area contributed by atoms with E-state index in [1.807, 2.05) is 24.3 Å². The average molecular weight is 309 g/mol. The molecule has 0 aromatic heterocycles. The third-order valence-corrected chi connectivity index (χ3v) is 4.06. The van der Waals surface area contributed by atoms with Crippen molar-refractivity contribution in [1.29, 1.82) is 0 Å². The van der Waals surface area contributed by atoms with Gasteiger partial charge in [-0.15, -0.1) is 11.8 Å². The van der Waals surface area contributed by atoms with E-state index in [4.69, 9.17) is 16.3 Å². The molecule has 0 aliphatic heterocycles. The zero-order valence-corrected chi connectivity index (χ0v) is 12.8. The van der Waals surface area contributed by atoms with Crippen LogP contribution in [-0.4, -0.2) is 17.5 Å². The molecule has 0 amide bonds. The van der Waals surface area contributed by atoms with E-state index in [1.165, 1.54) is 4.90 Å². The Kier molecular flexibility index (Phi) is 5.77. The lowest BCUT2D eigenvalue weighted by atomic mass is 10.1. The third-order valence-electron chi connectivity index (χ3n) is 2.79. The Hall–Kier alpha value is -1.16. The van der Waals surface area contributed by atoms with E-state index >= 15 is 0 Å². The van der Waals surface area contributed by atoms with Gasteiger partial charge in [-0.2, -0.15) is 0 Å². The van der Waals surface area contributed by atoms with Crippen LogP contribution >= 0.6 is 23.4 Å². The summed E-state index contributed by atoms with van der Waals surface area (Å²) in [6.45, 7) is 2.30. The maximum absolute atomic E-state index is 9.48. The van der Waals surface area contributed by atoms with Gasteiger partial charge in [-0.05, 0) is 36.8 Å². The number of aliphatic hydroxyl groups is 1. The molecule has 1 atom stereocenters. The fraction of sp³-hybridized carbons (Fsp3) is 0.250. The molecule has 2 rings (SSSR count). The van der Waals surface area contributed by atoms with Crippen LogP contribution < -0.4 is 4.74 Å². The van der Waals surface area contributed by atoms with Crippen molar-refractivity contribution in [2.75, 3.05) is 12.4 Å². The van der Waals surface area contributed by atoms with Crippen molar-refractivity contribution >= 4 is 23.4 Å². The standard InChI is InChI=1S/C16H17ClO2S/c1-12(18)13-7-8-16(15(17)11-13)19-9-10-20-14-5-3-2-4-6-14/h2-8,11-12,18H,9-10H2,1H3/t12-/m0/s1. The first kappa shape index (κ1) is 15.2. The number of halogens is 1. The monoisotopic (exact) mass is 308 g/mol. The maximum atomic E-state index is 9.48. The Balaban J connectivity index is 1.82. The highest BCUT2D eigenvalue weighted by molar-refractivity contribution is 7.99. The molecule has 2 aromatic rings. The van der Waals surface area contributed by atoms with Crippen molar-refractivity contribution < 1.29 is 9.84 Å². The van der Waals surface area contributed by atoms with Crippen LogP contribution in [0, 0.1) is 0 Å². The van der Waals surface area contributed by atoms with Gasteiger partial charge < -0.3 is 9.84 Å². The van der Waals surface area contributed by atoms with Crippen LogP contribution in [0.2, 0.25) is 5.02 Å². The van der Waals surface area contributed by atoms with E-state index in [9.17, 15) is 5.11 Å². The number of hydrogen-bond acceptors (Lipinski definition) is 3. The Morgan fingerprint density at radius 3 is 2.60 bits per heavy atom. The van der Waals surface area contributed by atoms with Crippen LogP contribution in [0.3, 0.4) is 0 Å². The summed E-state index contributed by atoms with van der Waals surface area (Å²) >= 11 is 7.87. The fourth-order valence-electron chi connectivity index (χ4n) is 1.72. The lowest BCUT2D eigenvalue weighted by molar-refractivity contribution is 0.199. The number of benzene rings is 2. The highest BCUT2D eigenvalue weighted by Crippen LogP contribution is 2.28. The van der Waals surface area contributed by atoms with Gasteiger partial charge in [0.25, 0.3) is 0 Å². The molecule has 2 nitrogen and oxygen atoms in total. The minimum absolute atomic E-state index is 0.518. The van der Waals surface area contributed by atoms with E-state index in [-0.39, 0.29) is 0 Å². The van der Waals surface area contributed by atoms with E-state index in [2.05, 4.69) is 12.1 Å². The predicted molar refractivity (Wildman–Crippen MR) is 84.7 cm³/mol. The van der Waals surface area contributed by atoms with Crippen molar-refractivity contribution in [3.63, 3.8) is 0 Å². The van der Waals surface area contributed by atoms with Crippen LogP contribution in [0.5, 0.6) is 5.75 Å². The highest BCUT2D eigenvalue weighted by Gasteiger charge is 2.06. The lowest BCUT2D eigenvalue weighted by Gasteiger charge is -2.10. The number of rotatable bonds is 6. The predicted octanol–water partition coefficient (Wildman–Crippen LogP) is 4.56. The van der Waals surface area contributed by atoms with Gasteiger partial charge in [0.2, 0.25) is 0 Å².